The van der Waals surface area contributed by atoms with Crippen molar-refractivity contribution in [1.29, 1.82) is 0 Å². The molecule has 2 saturated carbocycles. The molecular formula is C24H31FN4O3. The molecule has 2 aliphatic carbocycles. The van der Waals surface area contributed by atoms with Gasteiger partial charge in [0.05, 0.1) is 5.56 Å². The quantitative estimate of drug-likeness (QED) is 0.746. The van der Waals surface area contributed by atoms with E-state index in [0.29, 0.717) is 32.6 Å². The Morgan fingerprint density at radius 2 is 1.72 bits per heavy atom. The standard InChI is InChI=1S/C24H31FN4O3/c25-20-8-5-15(14-21-17-3-1-2-4-18(17)22(30)27-26-21)13-19(20)24(32)29-11-9-28(10-12-29)23(31)16-6-7-16/h5,8,13,16-18,21,26H,1-4,6-7,9-12,14H2,(H,27,30). The van der Waals surface area contributed by atoms with Crippen molar-refractivity contribution in [2.75, 3.05) is 26.2 Å². The molecule has 4 aliphatic rings. The number of fused-ring (bicyclic) bond motifs is 1. The topological polar surface area (TPSA) is 81.8 Å². The molecule has 3 atom stereocenters. The zero-order chi connectivity index (χ0) is 22.2. The van der Waals surface area contributed by atoms with Crippen molar-refractivity contribution in [1.82, 2.24) is 20.7 Å². The first kappa shape index (κ1) is 21.4. The fourth-order valence-electron chi connectivity index (χ4n) is 5.54. The Balaban J connectivity index is 1.25. The van der Waals surface area contributed by atoms with Crippen LogP contribution in [0.3, 0.4) is 0 Å². The summed E-state index contributed by atoms with van der Waals surface area (Å²) in [6, 6.07) is 4.84. The van der Waals surface area contributed by atoms with Crippen LogP contribution in [0.25, 0.3) is 0 Å². The Morgan fingerprint density at radius 3 is 2.47 bits per heavy atom. The lowest BCUT2D eigenvalue weighted by Gasteiger charge is -2.41. The van der Waals surface area contributed by atoms with Crippen LogP contribution in [0.4, 0.5) is 4.39 Å². The van der Waals surface area contributed by atoms with E-state index in [1.807, 2.05) is 4.90 Å². The lowest BCUT2D eigenvalue weighted by molar-refractivity contribution is -0.134. The molecule has 7 nitrogen and oxygen atoms in total. The Labute approximate surface area is 187 Å². The molecule has 2 N–H and O–H groups in total. The fraction of sp³-hybridized carbons (Fsp3) is 0.625. The summed E-state index contributed by atoms with van der Waals surface area (Å²) in [7, 11) is 0. The number of nitrogens with one attached hydrogen (secondary N) is 2. The molecule has 3 unspecified atom stereocenters. The second kappa shape index (κ2) is 8.81. The molecular weight excluding hydrogens is 411 g/mol. The molecule has 0 spiro atoms. The molecule has 2 aliphatic heterocycles. The third kappa shape index (κ3) is 4.25. The largest absolute Gasteiger partial charge is 0.339 e. The van der Waals surface area contributed by atoms with E-state index in [1.54, 1.807) is 17.0 Å². The van der Waals surface area contributed by atoms with Gasteiger partial charge in [0.2, 0.25) is 11.8 Å². The molecule has 1 aromatic rings. The minimum Gasteiger partial charge on any atom is -0.339 e. The number of halogens is 1. The molecule has 3 amide bonds. The van der Waals surface area contributed by atoms with Gasteiger partial charge in [-0.2, -0.15) is 0 Å². The number of rotatable bonds is 4. The van der Waals surface area contributed by atoms with Crippen molar-refractivity contribution in [2.24, 2.45) is 17.8 Å². The first-order valence-electron chi connectivity index (χ1n) is 11.9. The minimum atomic E-state index is -0.518. The molecule has 2 saturated heterocycles. The molecule has 1 aromatic carbocycles. The van der Waals surface area contributed by atoms with E-state index in [4.69, 9.17) is 0 Å². The van der Waals surface area contributed by atoms with Crippen LogP contribution in [0.15, 0.2) is 18.2 Å². The zero-order valence-electron chi connectivity index (χ0n) is 18.3. The van der Waals surface area contributed by atoms with Gasteiger partial charge in [-0.1, -0.05) is 18.9 Å². The molecule has 0 bridgehead atoms. The van der Waals surface area contributed by atoms with Gasteiger partial charge in [-0.05, 0) is 55.7 Å². The molecule has 32 heavy (non-hydrogen) atoms. The van der Waals surface area contributed by atoms with Crippen LogP contribution in [0.5, 0.6) is 0 Å². The number of carbonyl (C=O) groups excluding carboxylic acids is 3. The second-order valence-electron chi connectivity index (χ2n) is 9.70. The van der Waals surface area contributed by atoms with Crippen molar-refractivity contribution in [3.05, 3.63) is 35.1 Å². The first-order chi connectivity index (χ1) is 15.5. The minimum absolute atomic E-state index is 0.0335. The van der Waals surface area contributed by atoms with E-state index in [9.17, 15) is 18.8 Å². The molecule has 2 heterocycles. The van der Waals surface area contributed by atoms with E-state index < -0.39 is 5.82 Å². The van der Waals surface area contributed by atoms with E-state index in [-0.39, 0.29) is 47.1 Å². The number of piperazine rings is 1. The lowest BCUT2D eigenvalue weighted by Crippen LogP contribution is -2.60. The van der Waals surface area contributed by atoms with E-state index in [1.165, 1.54) is 6.07 Å². The van der Waals surface area contributed by atoms with Crippen LogP contribution < -0.4 is 10.9 Å². The molecule has 4 fully saturated rings. The molecule has 0 aromatic heterocycles. The van der Waals surface area contributed by atoms with E-state index in [0.717, 1.165) is 44.1 Å². The van der Waals surface area contributed by atoms with Gasteiger partial charge >= 0.3 is 0 Å². The van der Waals surface area contributed by atoms with Gasteiger partial charge in [-0.3, -0.25) is 19.8 Å². The normalized spacial score (nSPS) is 28.2. The first-order valence-corrected chi connectivity index (χ1v) is 11.9. The van der Waals surface area contributed by atoms with Crippen molar-refractivity contribution in [2.45, 2.75) is 51.0 Å². The Morgan fingerprint density at radius 1 is 1.00 bits per heavy atom. The smallest absolute Gasteiger partial charge is 0.256 e. The Kier molecular flexibility index (Phi) is 5.88. The summed E-state index contributed by atoms with van der Waals surface area (Å²) in [5.41, 5.74) is 6.93. The van der Waals surface area contributed by atoms with Crippen molar-refractivity contribution in [3.63, 3.8) is 0 Å². The lowest BCUT2D eigenvalue weighted by atomic mass is 9.72. The van der Waals surface area contributed by atoms with Crippen LogP contribution in [0.1, 0.15) is 54.4 Å². The molecule has 5 rings (SSSR count). The average Bonchev–Trinajstić information content (AvgIpc) is 3.67. The average molecular weight is 443 g/mol. The number of hydrazine groups is 1. The maximum absolute atomic E-state index is 14.6. The van der Waals surface area contributed by atoms with Gasteiger partial charge in [-0.25, -0.2) is 9.82 Å². The Bertz CT molecular complexity index is 911. The predicted octanol–water partition coefficient (Wildman–Crippen LogP) is 1.87. The maximum Gasteiger partial charge on any atom is 0.256 e. The number of benzene rings is 1. The van der Waals surface area contributed by atoms with Crippen molar-refractivity contribution < 1.29 is 18.8 Å². The van der Waals surface area contributed by atoms with Gasteiger partial charge < -0.3 is 9.80 Å². The molecule has 0 radical (unpaired) electrons. The van der Waals surface area contributed by atoms with Crippen LogP contribution in [-0.2, 0) is 16.0 Å². The van der Waals surface area contributed by atoms with Gasteiger partial charge in [0.1, 0.15) is 5.82 Å². The summed E-state index contributed by atoms with van der Waals surface area (Å²) in [6.45, 7) is 1.89. The Hall–Kier alpha value is -2.48. The predicted molar refractivity (Wildman–Crippen MR) is 116 cm³/mol. The van der Waals surface area contributed by atoms with Gasteiger partial charge in [0.25, 0.3) is 5.91 Å². The van der Waals surface area contributed by atoms with Gasteiger partial charge in [-0.15, -0.1) is 0 Å². The second-order valence-corrected chi connectivity index (χ2v) is 9.70. The highest BCUT2D eigenvalue weighted by molar-refractivity contribution is 5.95. The van der Waals surface area contributed by atoms with Gasteiger partial charge in [0.15, 0.2) is 0 Å². The molecule has 172 valence electrons. The fourth-order valence-corrected chi connectivity index (χ4v) is 5.54. The highest BCUT2D eigenvalue weighted by atomic mass is 19.1. The third-order valence-electron chi connectivity index (χ3n) is 7.58. The summed E-state index contributed by atoms with van der Waals surface area (Å²) < 4.78 is 14.6. The van der Waals surface area contributed by atoms with Crippen LogP contribution >= 0.6 is 0 Å². The summed E-state index contributed by atoms with van der Waals surface area (Å²) in [6.07, 6.45) is 6.69. The SMILES string of the molecule is O=C1NNC(Cc2ccc(F)c(C(=O)N3CCN(C(=O)C4CC4)CC3)c2)C2CCCCC12. The van der Waals surface area contributed by atoms with Crippen LogP contribution in [0.2, 0.25) is 0 Å². The number of hydrogen-bond donors (Lipinski definition) is 2. The monoisotopic (exact) mass is 442 g/mol. The zero-order valence-corrected chi connectivity index (χ0v) is 18.3. The summed E-state index contributed by atoms with van der Waals surface area (Å²) in [5.74, 6) is -0.101. The highest BCUT2D eigenvalue weighted by Crippen LogP contribution is 2.35. The van der Waals surface area contributed by atoms with E-state index in [2.05, 4.69) is 10.9 Å². The number of hydrogen-bond acceptors (Lipinski definition) is 4. The maximum atomic E-state index is 14.6. The highest BCUT2D eigenvalue weighted by Gasteiger charge is 2.40. The summed E-state index contributed by atoms with van der Waals surface area (Å²) in [5, 5.41) is 0. The summed E-state index contributed by atoms with van der Waals surface area (Å²) >= 11 is 0. The van der Waals surface area contributed by atoms with Crippen LogP contribution in [-0.4, -0.2) is 59.7 Å². The van der Waals surface area contributed by atoms with E-state index >= 15 is 0 Å². The van der Waals surface area contributed by atoms with Crippen molar-refractivity contribution in [3.8, 4) is 0 Å². The van der Waals surface area contributed by atoms with Gasteiger partial charge in [0, 0.05) is 44.1 Å². The third-order valence-corrected chi connectivity index (χ3v) is 7.58. The number of amides is 3. The van der Waals surface area contributed by atoms with Crippen molar-refractivity contribution >= 4 is 17.7 Å². The summed E-state index contributed by atoms with van der Waals surface area (Å²) in [4.78, 5) is 41.0. The number of nitrogens with zero attached hydrogens (tertiary/aromatic N) is 2. The number of carbonyl (C=O) groups is 3. The van der Waals surface area contributed by atoms with Crippen LogP contribution in [0, 0.1) is 23.6 Å². The molecule has 8 heteroatoms.